The van der Waals surface area contributed by atoms with Crippen molar-refractivity contribution >= 4 is 5.91 Å². The van der Waals surface area contributed by atoms with Crippen molar-refractivity contribution in [3.8, 4) is 0 Å². The van der Waals surface area contributed by atoms with Gasteiger partial charge < -0.3 is 9.64 Å². The Morgan fingerprint density at radius 2 is 1.92 bits per heavy atom. The Labute approximate surface area is 156 Å². The van der Waals surface area contributed by atoms with Gasteiger partial charge in [0.1, 0.15) is 0 Å². The zero-order chi connectivity index (χ0) is 18.1. The molecule has 2 aliphatic heterocycles. The van der Waals surface area contributed by atoms with Crippen molar-refractivity contribution in [3.63, 3.8) is 0 Å². The summed E-state index contributed by atoms with van der Waals surface area (Å²) in [7, 11) is 0. The second-order valence-electron chi connectivity index (χ2n) is 8.39. The second kappa shape index (κ2) is 7.69. The van der Waals surface area contributed by atoms with Crippen LogP contribution in [0, 0.1) is 5.92 Å². The molecule has 0 bridgehead atoms. The van der Waals surface area contributed by atoms with Crippen molar-refractivity contribution in [2.75, 3.05) is 39.4 Å². The number of aromatic nitrogens is 2. The van der Waals surface area contributed by atoms with E-state index in [1.165, 1.54) is 11.3 Å². The Morgan fingerprint density at radius 3 is 2.62 bits per heavy atom. The molecule has 3 aliphatic rings. The SMILES string of the molecule is CC(C)Cn1nc(C(=O)N2CCCC2)c2c1CCC(N1CCOCC1)C2. The highest BCUT2D eigenvalue weighted by molar-refractivity contribution is 5.94. The van der Waals surface area contributed by atoms with Crippen LogP contribution in [0.4, 0.5) is 0 Å². The third-order valence-corrected chi connectivity index (χ3v) is 6.02. The minimum absolute atomic E-state index is 0.156. The molecule has 26 heavy (non-hydrogen) atoms. The summed E-state index contributed by atoms with van der Waals surface area (Å²) in [5.41, 5.74) is 3.27. The van der Waals surface area contributed by atoms with Crippen LogP contribution in [0.3, 0.4) is 0 Å². The van der Waals surface area contributed by atoms with Gasteiger partial charge in [-0.1, -0.05) is 13.8 Å². The lowest BCUT2D eigenvalue weighted by Gasteiger charge is -2.37. The monoisotopic (exact) mass is 360 g/mol. The van der Waals surface area contributed by atoms with E-state index in [4.69, 9.17) is 9.84 Å². The van der Waals surface area contributed by atoms with Crippen molar-refractivity contribution in [3.05, 3.63) is 17.0 Å². The molecule has 1 aliphatic carbocycles. The standard InChI is InChI=1S/C20H32N4O2/c1-15(2)14-24-18-6-5-16(22-9-11-26-12-10-22)13-17(18)19(21-24)20(25)23-7-3-4-8-23/h15-16H,3-14H2,1-2H3. The molecular formula is C20H32N4O2. The summed E-state index contributed by atoms with van der Waals surface area (Å²) in [5, 5.41) is 4.84. The highest BCUT2D eigenvalue weighted by atomic mass is 16.5. The van der Waals surface area contributed by atoms with Crippen LogP contribution in [-0.4, -0.2) is 70.9 Å². The summed E-state index contributed by atoms with van der Waals surface area (Å²) in [5.74, 6) is 0.689. The van der Waals surface area contributed by atoms with E-state index < -0.39 is 0 Å². The molecule has 4 rings (SSSR count). The number of rotatable bonds is 4. The lowest BCUT2D eigenvalue weighted by atomic mass is 9.89. The molecule has 0 radical (unpaired) electrons. The maximum absolute atomic E-state index is 13.1. The fourth-order valence-corrected chi connectivity index (χ4v) is 4.66. The van der Waals surface area contributed by atoms with E-state index >= 15 is 0 Å². The molecule has 1 aromatic heterocycles. The highest BCUT2D eigenvalue weighted by Crippen LogP contribution is 2.29. The van der Waals surface area contributed by atoms with Crippen LogP contribution in [0.15, 0.2) is 0 Å². The zero-order valence-corrected chi connectivity index (χ0v) is 16.2. The minimum Gasteiger partial charge on any atom is -0.379 e. The fourth-order valence-electron chi connectivity index (χ4n) is 4.66. The molecule has 0 N–H and O–H groups in total. The zero-order valence-electron chi connectivity index (χ0n) is 16.2. The molecule has 144 valence electrons. The quantitative estimate of drug-likeness (QED) is 0.824. The van der Waals surface area contributed by atoms with Crippen molar-refractivity contribution < 1.29 is 9.53 Å². The maximum Gasteiger partial charge on any atom is 0.274 e. The van der Waals surface area contributed by atoms with Gasteiger partial charge in [-0.2, -0.15) is 5.10 Å². The molecule has 2 saturated heterocycles. The minimum atomic E-state index is 0.156. The van der Waals surface area contributed by atoms with Gasteiger partial charge >= 0.3 is 0 Å². The lowest BCUT2D eigenvalue weighted by molar-refractivity contribution is 0.0135. The summed E-state index contributed by atoms with van der Waals surface area (Å²) < 4.78 is 7.66. The van der Waals surface area contributed by atoms with Crippen LogP contribution in [0.1, 0.15) is 54.9 Å². The Morgan fingerprint density at radius 1 is 1.19 bits per heavy atom. The number of ether oxygens (including phenoxy) is 1. The van der Waals surface area contributed by atoms with Gasteiger partial charge in [0.2, 0.25) is 0 Å². The average Bonchev–Trinajstić information content (AvgIpc) is 3.30. The first kappa shape index (κ1) is 18.0. The van der Waals surface area contributed by atoms with Crippen molar-refractivity contribution in [2.24, 2.45) is 5.92 Å². The first-order valence-electron chi connectivity index (χ1n) is 10.3. The van der Waals surface area contributed by atoms with Gasteiger partial charge in [0, 0.05) is 50.0 Å². The van der Waals surface area contributed by atoms with E-state index in [0.717, 1.165) is 83.7 Å². The van der Waals surface area contributed by atoms with Crippen LogP contribution in [-0.2, 0) is 24.1 Å². The maximum atomic E-state index is 13.1. The van der Waals surface area contributed by atoms with E-state index in [0.29, 0.717) is 12.0 Å². The summed E-state index contributed by atoms with van der Waals surface area (Å²) in [4.78, 5) is 17.7. The smallest absolute Gasteiger partial charge is 0.274 e. The third kappa shape index (κ3) is 3.54. The first-order chi connectivity index (χ1) is 12.6. The normalized spacial score (nSPS) is 24.3. The Kier molecular flexibility index (Phi) is 5.32. The van der Waals surface area contributed by atoms with Crippen molar-refractivity contribution in [1.82, 2.24) is 19.6 Å². The van der Waals surface area contributed by atoms with E-state index in [2.05, 4.69) is 23.4 Å². The largest absolute Gasteiger partial charge is 0.379 e. The summed E-state index contributed by atoms with van der Waals surface area (Å²) >= 11 is 0. The number of carbonyl (C=O) groups excluding carboxylic acids is 1. The summed E-state index contributed by atoms with van der Waals surface area (Å²) in [6.07, 6.45) is 5.40. The molecule has 3 heterocycles. The third-order valence-electron chi connectivity index (χ3n) is 6.02. The number of fused-ring (bicyclic) bond motifs is 1. The van der Waals surface area contributed by atoms with E-state index in [9.17, 15) is 4.79 Å². The number of hydrogen-bond acceptors (Lipinski definition) is 4. The molecule has 0 aromatic carbocycles. The molecule has 2 fully saturated rings. The van der Waals surface area contributed by atoms with E-state index in [1.54, 1.807) is 0 Å². The van der Waals surface area contributed by atoms with Gasteiger partial charge in [0.25, 0.3) is 5.91 Å². The summed E-state index contributed by atoms with van der Waals surface area (Å²) in [6.45, 7) is 10.8. The Bertz CT molecular complexity index is 642. The molecule has 0 saturated carbocycles. The fraction of sp³-hybridized carbons (Fsp3) is 0.800. The van der Waals surface area contributed by atoms with Gasteiger partial charge in [-0.05, 0) is 38.0 Å². The Balaban J connectivity index is 1.61. The van der Waals surface area contributed by atoms with Crippen molar-refractivity contribution in [1.29, 1.82) is 0 Å². The molecular weight excluding hydrogens is 328 g/mol. The first-order valence-corrected chi connectivity index (χ1v) is 10.3. The molecule has 6 heteroatoms. The van der Waals surface area contributed by atoms with Crippen LogP contribution in [0.25, 0.3) is 0 Å². The second-order valence-corrected chi connectivity index (χ2v) is 8.39. The highest BCUT2D eigenvalue weighted by Gasteiger charge is 2.34. The number of nitrogens with zero attached hydrogens (tertiary/aromatic N) is 4. The van der Waals surface area contributed by atoms with Crippen molar-refractivity contribution in [2.45, 2.75) is 58.5 Å². The summed E-state index contributed by atoms with van der Waals surface area (Å²) in [6, 6.07) is 0.522. The molecule has 1 amide bonds. The van der Waals surface area contributed by atoms with Gasteiger partial charge in [0.05, 0.1) is 13.2 Å². The number of hydrogen-bond donors (Lipinski definition) is 0. The van der Waals surface area contributed by atoms with Gasteiger partial charge in [0.15, 0.2) is 5.69 Å². The van der Waals surface area contributed by atoms with E-state index in [1.807, 2.05) is 4.90 Å². The van der Waals surface area contributed by atoms with E-state index in [-0.39, 0.29) is 5.91 Å². The Hall–Kier alpha value is -1.40. The molecule has 1 unspecified atom stereocenters. The van der Waals surface area contributed by atoms with Crippen LogP contribution < -0.4 is 0 Å². The van der Waals surface area contributed by atoms with Gasteiger partial charge in [-0.25, -0.2) is 0 Å². The lowest BCUT2D eigenvalue weighted by Crippen LogP contribution is -2.46. The molecule has 1 atom stereocenters. The predicted molar refractivity (Wildman–Crippen MR) is 100 cm³/mol. The number of morpholine rings is 1. The van der Waals surface area contributed by atoms with Gasteiger partial charge in [-0.15, -0.1) is 0 Å². The van der Waals surface area contributed by atoms with Crippen LogP contribution in [0.2, 0.25) is 0 Å². The molecule has 1 aromatic rings. The predicted octanol–water partition coefficient (Wildman–Crippen LogP) is 1.96. The average molecular weight is 361 g/mol. The van der Waals surface area contributed by atoms with Crippen LogP contribution in [0.5, 0.6) is 0 Å². The topological polar surface area (TPSA) is 50.6 Å². The number of amides is 1. The number of likely N-dealkylation sites (tertiary alicyclic amines) is 1. The van der Waals surface area contributed by atoms with Crippen LogP contribution >= 0.6 is 0 Å². The number of carbonyl (C=O) groups is 1. The molecule has 6 nitrogen and oxygen atoms in total. The van der Waals surface area contributed by atoms with Gasteiger partial charge in [-0.3, -0.25) is 14.4 Å². The molecule has 0 spiro atoms.